The number of nitrogen functional groups attached to an aromatic ring is 1. The molecule has 0 aliphatic rings. The van der Waals surface area contributed by atoms with E-state index in [2.05, 4.69) is 4.98 Å². The Morgan fingerprint density at radius 3 is 2.59 bits per heavy atom. The van der Waals surface area contributed by atoms with E-state index in [0.717, 1.165) is 12.8 Å². The zero-order chi connectivity index (χ0) is 12.7. The molecule has 1 heterocycles. The summed E-state index contributed by atoms with van der Waals surface area (Å²) in [5, 5.41) is 8.57. The third kappa shape index (κ3) is 4.32. The monoisotopic (exact) mass is 258 g/mol. The second-order valence-corrected chi connectivity index (χ2v) is 5.88. The predicted molar refractivity (Wildman–Crippen MR) is 66.3 cm³/mol. The summed E-state index contributed by atoms with van der Waals surface area (Å²) >= 11 is 0. The second kappa shape index (κ2) is 6.56. The fraction of sp³-hybridized carbons (Fsp3) is 0.545. The van der Waals surface area contributed by atoms with Gasteiger partial charge in [-0.2, -0.15) is 0 Å². The lowest BCUT2D eigenvalue weighted by Gasteiger charge is -2.05. The Labute approximate surface area is 102 Å². The van der Waals surface area contributed by atoms with Gasteiger partial charge < -0.3 is 10.8 Å². The topological polar surface area (TPSA) is 93.3 Å². The highest BCUT2D eigenvalue weighted by Gasteiger charge is 2.18. The number of sulfone groups is 1. The lowest BCUT2D eigenvalue weighted by molar-refractivity contribution is 0.283. The number of hydrogen-bond acceptors (Lipinski definition) is 5. The number of unbranched alkanes of at least 4 members (excludes halogenated alkanes) is 3. The first-order chi connectivity index (χ1) is 8.08. The normalized spacial score (nSPS) is 11.6. The zero-order valence-corrected chi connectivity index (χ0v) is 10.5. The van der Waals surface area contributed by atoms with E-state index in [1.54, 1.807) is 6.07 Å². The Hall–Kier alpha value is -1.14. The van der Waals surface area contributed by atoms with Crippen molar-refractivity contribution in [3.63, 3.8) is 0 Å². The number of aliphatic hydroxyl groups is 1. The van der Waals surface area contributed by atoms with Gasteiger partial charge in [0.05, 0.1) is 11.4 Å². The molecule has 1 rings (SSSR count). The van der Waals surface area contributed by atoms with E-state index < -0.39 is 9.84 Å². The molecule has 1 aromatic rings. The maximum Gasteiger partial charge on any atom is 0.197 e. The minimum atomic E-state index is -3.38. The van der Waals surface area contributed by atoms with Gasteiger partial charge in [-0.3, -0.25) is 0 Å². The summed E-state index contributed by atoms with van der Waals surface area (Å²) in [5.74, 6) is 0.0552. The van der Waals surface area contributed by atoms with E-state index in [-0.39, 0.29) is 23.1 Å². The third-order valence-electron chi connectivity index (χ3n) is 2.42. The molecule has 1 aromatic heterocycles. The van der Waals surface area contributed by atoms with Crippen LogP contribution < -0.4 is 5.73 Å². The molecular weight excluding hydrogens is 240 g/mol. The molecular formula is C11H18N2O3S. The van der Waals surface area contributed by atoms with Crippen molar-refractivity contribution in [1.29, 1.82) is 0 Å². The molecule has 0 bridgehead atoms. The molecule has 17 heavy (non-hydrogen) atoms. The van der Waals surface area contributed by atoms with Gasteiger partial charge in [0.15, 0.2) is 14.9 Å². The molecule has 0 fully saturated rings. The first-order valence-electron chi connectivity index (χ1n) is 5.62. The van der Waals surface area contributed by atoms with E-state index >= 15 is 0 Å². The smallest absolute Gasteiger partial charge is 0.197 e. The van der Waals surface area contributed by atoms with Gasteiger partial charge in [0.1, 0.15) is 0 Å². The Kier molecular flexibility index (Phi) is 5.37. The van der Waals surface area contributed by atoms with E-state index in [4.69, 9.17) is 10.8 Å². The highest BCUT2D eigenvalue weighted by atomic mass is 32.2. The van der Waals surface area contributed by atoms with Gasteiger partial charge >= 0.3 is 0 Å². The Morgan fingerprint density at radius 2 is 1.94 bits per heavy atom. The van der Waals surface area contributed by atoms with Gasteiger partial charge in [-0.05, 0) is 25.0 Å². The number of aromatic nitrogens is 1. The largest absolute Gasteiger partial charge is 0.396 e. The van der Waals surface area contributed by atoms with Crippen LogP contribution in [0.3, 0.4) is 0 Å². The Bertz CT molecular complexity index is 446. The molecule has 0 aliphatic carbocycles. The fourth-order valence-electron chi connectivity index (χ4n) is 1.52. The molecule has 0 amide bonds. The summed E-state index contributed by atoms with van der Waals surface area (Å²) in [6, 6.07) is 3.14. The zero-order valence-electron chi connectivity index (χ0n) is 9.67. The number of nitrogens with two attached hydrogens (primary N) is 1. The first-order valence-corrected chi connectivity index (χ1v) is 7.27. The molecule has 96 valence electrons. The summed E-state index contributed by atoms with van der Waals surface area (Å²) in [6.07, 6.45) is 4.33. The molecule has 0 saturated heterocycles. The minimum absolute atomic E-state index is 0.0258. The van der Waals surface area contributed by atoms with E-state index in [1.165, 1.54) is 12.3 Å². The van der Waals surface area contributed by atoms with Crippen LogP contribution in [0.1, 0.15) is 25.7 Å². The van der Waals surface area contributed by atoms with Crippen LogP contribution in [0.25, 0.3) is 0 Å². The van der Waals surface area contributed by atoms with Crippen molar-refractivity contribution in [1.82, 2.24) is 4.98 Å². The number of hydrogen-bond donors (Lipinski definition) is 2. The van der Waals surface area contributed by atoms with Gasteiger partial charge in [0.2, 0.25) is 0 Å². The highest BCUT2D eigenvalue weighted by molar-refractivity contribution is 7.91. The predicted octanol–water partition coefficient (Wildman–Crippen LogP) is 0.990. The molecule has 0 spiro atoms. The average Bonchev–Trinajstić information content (AvgIpc) is 2.29. The van der Waals surface area contributed by atoms with Crippen LogP contribution in [0.15, 0.2) is 23.4 Å². The van der Waals surface area contributed by atoms with Crippen molar-refractivity contribution in [2.45, 2.75) is 30.7 Å². The van der Waals surface area contributed by atoms with Gasteiger partial charge in [0, 0.05) is 12.8 Å². The Balaban J connectivity index is 2.55. The SMILES string of the molecule is Nc1cccnc1S(=O)(=O)CCCCCCO. The lowest BCUT2D eigenvalue weighted by Crippen LogP contribution is -2.11. The Morgan fingerprint density at radius 1 is 1.24 bits per heavy atom. The van der Waals surface area contributed by atoms with Crippen molar-refractivity contribution in [2.24, 2.45) is 0 Å². The first kappa shape index (κ1) is 13.9. The van der Waals surface area contributed by atoms with Crippen LogP contribution in [0.4, 0.5) is 5.69 Å². The molecule has 0 atom stereocenters. The minimum Gasteiger partial charge on any atom is -0.396 e. The van der Waals surface area contributed by atoms with Crippen molar-refractivity contribution in [3.8, 4) is 0 Å². The fourth-order valence-corrected chi connectivity index (χ4v) is 2.94. The molecule has 5 nitrogen and oxygen atoms in total. The summed E-state index contributed by atoms with van der Waals surface area (Å²) in [5.41, 5.74) is 5.78. The maximum absolute atomic E-state index is 11.9. The second-order valence-electron chi connectivity index (χ2n) is 3.85. The molecule has 0 saturated carbocycles. The van der Waals surface area contributed by atoms with Gasteiger partial charge in [-0.15, -0.1) is 0 Å². The molecule has 6 heteroatoms. The van der Waals surface area contributed by atoms with E-state index in [9.17, 15) is 8.42 Å². The van der Waals surface area contributed by atoms with Crippen molar-refractivity contribution < 1.29 is 13.5 Å². The van der Waals surface area contributed by atoms with Crippen LogP contribution in [0.5, 0.6) is 0 Å². The van der Waals surface area contributed by atoms with Crippen molar-refractivity contribution >= 4 is 15.5 Å². The third-order valence-corrected chi connectivity index (χ3v) is 4.17. The average molecular weight is 258 g/mol. The summed E-state index contributed by atoms with van der Waals surface area (Å²) in [4.78, 5) is 3.81. The maximum atomic E-state index is 11.9. The molecule has 0 aromatic carbocycles. The number of nitrogens with zero attached hydrogens (tertiary/aromatic N) is 1. The van der Waals surface area contributed by atoms with Gasteiger partial charge in [-0.25, -0.2) is 13.4 Å². The van der Waals surface area contributed by atoms with Crippen LogP contribution in [-0.2, 0) is 9.84 Å². The lowest BCUT2D eigenvalue weighted by atomic mass is 10.2. The van der Waals surface area contributed by atoms with Crippen LogP contribution in [-0.4, -0.2) is 30.9 Å². The van der Waals surface area contributed by atoms with E-state index in [1.807, 2.05) is 0 Å². The highest BCUT2D eigenvalue weighted by Crippen LogP contribution is 2.17. The summed E-state index contributed by atoms with van der Waals surface area (Å²) in [6.45, 7) is 0.153. The van der Waals surface area contributed by atoms with Crippen LogP contribution >= 0.6 is 0 Å². The van der Waals surface area contributed by atoms with Gasteiger partial charge in [0.25, 0.3) is 0 Å². The van der Waals surface area contributed by atoms with Crippen molar-refractivity contribution in [3.05, 3.63) is 18.3 Å². The molecule has 3 N–H and O–H groups in total. The summed E-state index contributed by atoms with van der Waals surface area (Å²) < 4.78 is 23.8. The number of rotatable bonds is 7. The van der Waals surface area contributed by atoms with Gasteiger partial charge in [-0.1, -0.05) is 12.8 Å². The van der Waals surface area contributed by atoms with Crippen LogP contribution in [0.2, 0.25) is 0 Å². The molecule has 0 radical (unpaired) electrons. The van der Waals surface area contributed by atoms with Crippen LogP contribution in [0, 0.1) is 0 Å². The standard InChI is InChI=1S/C11H18N2O3S/c12-10-6-5-7-13-11(10)17(15,16)9-4-2-1-3-8-14/h5-7,14H,1-4,8-9,12H2. The number of anilines is 1. The molecule has 0 unspecified atom stereocenters. The van der Waals surface area contributed by atoms with E-state index in [0.29, 0.717) is 12.8 Å². The van der Waals surface area contributed by atoms with Crippen molar-refractivity contribution in [2.75, 3.05) is 18.1 Å². The quantitative estimate of drug-likeness (QED) is 0.711. The molecule has 0 aliphatic heterocycles. The number of pyridine rings is 1. The summed E-state index contributed by atoms with van der Waals surface area (Å²) in [7, 11) is -3.38. The number of aliphatic hydroxyl groups excluding tert-OH is 1.